The fourth-order valence-corrected chi connectivity index (χ4v) is 5.58. The molecular formula is C27H32N2O5. The minimum Gasteiger partial charge on any atom is -0.475 e. The maximum atomic E-state index is 12.8. The number of carboxylic acids is 1. The molecule has 0 spiro atoms. The van der Waals surface area contributed by atoms with Crippen LogP contribution in [0.3, 0.4) is 0 Å². The van der Waals surface area contributed by atoms with Crippen molar-refractivity contribution in [1.29, 1.82) is 0 Å². The number of carboxylic acid groups (broad SMARTS) is 1. The van der Waals surface area contributed by atoms with Crippen LogP contribution in [0.1, 0.15) is 66.2 Å². The molecule has 3 atom stereocenters. The number of likely N-dealkylation sites (tertiary alicyclic amines) is 1. The van der Waals surface area contributed by atoms with Crippen molar-refractivity contribution in [2.75, 3.05) is 19.6 Å². The minimum atomic E-state index is -1.36. The summed E-state index contributed by atoms with van der Waals surface area (Å²) < 4.78 is 0. The Morgan fingerprint density at radius 1 is 1.15 bits per heavy atom. The molecule has 7 heteroatoms. The summed E-state index contributed by atoms with van der Waals surface area (Å²) in [5.74, 6) is -2.84. The topological polar surface area (TPSA) is 95.0 Å². The van der Waals surface area contributed by atoms with Gasteiger partial charge in [0, 0.05) is 25.0 Å². The average Bonchev–Trinajstić information content (AvgIpc) is 3.09. The van der Waals surface area contributed by atoms with Crippen molar-refractivity contribution in [1.82, 2.24) is 9.80 Å². The van der Waals surface area contributed by atoms with Crippen molar-refractivity contribution in [3.8, 4) is 0 Å². The summed E-state index contributed by atoms with van der Waals surface area (Å²) in [5, 5.41) is 9.25. The number of benzene rings is 1. The number of imide groups is 1. The SMILES string of the molecule is CCCC(CC1=CC=CCC1N1CCCC(CN2C(=O)c3ccccc3C2=O)C1)C(=O)C(=O)O. The van der Waals surface area contributed by atoms with Gasteiger partial charge in [-0.05, 0) is 56.7 Å². The Balaban J connectivity index is 1.44. The molecule has 0 aromatic heterocycles. The van der Waals surface area contributed by atoms with E-state index in [2.05, 4.69) is 11.0 Å². The van der Waals surface area contributed by atoms with Gasteiger partial charge in [-0.3, -0.25) is 24.2 Å². The van der Waals surface area contributed by atoms with Crippen LogP contribution in [0.15, 0.2) is 48.1 Å². The number of hydrogen-bond donors (Lipinski definition) is 1. The zero-order valence-electron chi connectivity index (χ0n) is 19.6. The lowest BCUT2D eigenvalue weighted by Crippen LogP contribution is -2.47. The number of fused-ring (bicyclic) bond motifs is 1. The molecule has 1 aromatic rings. The van der Waals surface area contributed by atoms with Crippen molar-refractivity contribution >= 4 is 23.6 Å². The van der Waals surface area contributed by atoms with Crippen molar-refractivity contribution < 1.29 is 24.3 Å². The number of allylic oxidation sites excluding steroid dienone is 2. The number of ketones is 1. The molecule has 3 aliphatic rings. The third-order valence-electron chi connectivity index (χ3n) is 7.24. The fourth-order valence-electron chi connectivity index (χ4n) is 5.58. The molecule has 2 amide bonds. The van der Waals surface area contributed by atoms with Crippen LogP contribution in [0.2, 0.25) is 0 Å². The van der Waals surface area contributed by atoms with Crippen LogP contribution < -0.4 is 0 Å². The molecule has 34 heavy (non-hydrogen) atoms. The van der Waals surface area contributed by atoms with Crippen LogP contribution in [0, 0.1) is 11.8 Å². The van der Waals surface area contributed by atoms with Gasteiger partial charge in [0.05, 0.1) is 11.1 Å². The standard InChI is InChI=1S/C27H32N2O5/c1-2-8-20(24(30)27(33)34)15-19-10-3-6-13-23(19)28-14-7-9-18(16-28)17-29-25(31)21-11-4-5-12-22(21)26(29)32/h3-6,10-12,18,20,23H,2,7-9,13-17H2,1H3,(H,33,34). The maximum Gasteiger partial charge on any atom is 0.372 e. The molecule has 1 aromatic carbocycles. The van der Waals surface area contributed by atoms with Crippen molar-refractivity contribution in [2.45, 2.75) is 51.5 Å². The molecule has 3 unspecified atom stereocenters. The van der Waals surface area contributed by atoms with E-state index < -0.39 is 17.7 Å². The molecule has 1 N–H and O–H groups in total. The van der Waals surface area contributed by atoms with Gasteiger partial charge in [0.1, 0.15) is 0 Å². The average molecular weight is 465 g/mol. The number of amides is 2. The van der Waals surface area contributed by atoms with E-state index in [1.54, 1.807) is 24.3 Å². The van der Waals surface area contributed by atoms with E-state index in [1.807, 2.05) is 19.1 Å². The van der Waals surface area contributed by atoms with E-state index in [-0.39, 0.29) is 23.8 Å². The van der Waals surface area contributed by atoms with Gasteiger partial charge in [-0.25, -0.2) is 4.79 Å². The first-order chi connectivity index (χ1) is 16.4. The molecule has 1 fully saturated rings. The predicted molar refractivity (Wildman–Crippen MR) is 127 cm³/mol. The zero-order valence-corrected chi connectivity index (χ0v) is 19.6. The summed E-state index contributed by atoms with van der Waals surface area (Å²) in [5.41, 5.74) is 2.05. The van der Waals surface area contributed by atoms with Crippen LogP contribution >= 0.6 is 0 Å². The first-order valence-corrected chi connectivity index (χ1v) is 12.2. The van der Waals surface area contributed by atoms with Gasteiger partial charge in [-0.15, -0.1) is 0 Å². The molecule has 0 bridgehead atoms. The highest BCUT2D eigenvalue weighted by atomic mass is 16.4. The number of carbonyl (C=O) groups is 4. The summed E-state index contributed by atoms with van der Waals surface area (Å²) in [6.45, 7) is 4.03. The van der Waals surface area contributed by atoms with Crippen LogP contribution in [0.4, 0.5) is 0 Å². The van der Waals surface area contributed by atoms with Gasteiger partial charge in [-0.1, -0.05) is 49.3 Å². The Kier molecular flexibility index (Phi) is 7.41. The van der Waals surface area contributed by atoms with E-state index in [9.17, 15) is 24.3 Å². The smallest absolute Gasteiger partial charge is 0.372 e. The maximum absolute atomic E-state index is 12.8. The number of nitrogens with zero attached hydrogens (tertiary/aromatic N) is 2. The normalized spacial score (nSPS) is 23.6. The number of Topliss-reactive ketones (excluding diaryl/α,β-unsaturated/α-hetero) is 1. The molecule has 180 valence electrons. The molecule has 2 heterocycles. The third kappa shape index (κ3) is 4.89. The first kappa shape index (κ1) is 24.1. The van der Waals surface area contributed by atoms with Gasteiger partial charge < -0.3 is 5.11 Å². The summed E-state index contributed by atoms with van der Waals surface area (Å²) in [6, 6.07) is 7.08. The van der Waals surface area contributed by atoms with Crippen LogP contribution in [-0.4, -0.2) is 64.1 Å². The molecule has 7 nitrogen and oxygen atoms in total. The molecule has 0 saturated carbocycles. The molecular weight excluding hydrogens is 432 g/mol. The van der Waals surface area contributed by atoms with Crippen molar-refractivity contribution in [3.63, 3.8) is 0 Å². The zero-order chi connectivity index (χ0) is 24.2. The molecule has 4 rings (SSSR count). The molecule has 1 saturated heterocycles. The van der Waals surface area contributed by atoms with Crippen molar-refractivity contribution in [3.05, 3.63) is 59.2 Å². The Labute approximate surface area is 200 Å². The Hall–Kier alpha value is -3.06. The third-order valence-corrected chi connectivity index (χ3v) is 7.24. The highest BCUT2D eigenvalue weighted by molar-refractivity contribution is 6.33. The second-order valence-electron chi connectivity index (χ2n) is 9.55. The predicted octanol–water partition coefficient (Wildman–Crippen LogP) is 3.71. The summed E-state index contributed by atoms with van der Waals surface area (Å²) in [7, 11) is 0. The highest BCUT2D eigenvalue weighted by Gasteiger charge is 2.38. The number of carbonyl (C=O) groups excluding carboxylic acids is 3. The Morgan fingerprint density at radius 3 is 2.50 bits per heavy atom. The van der Waals surface area contributed by atoms with E-state index in [0.29, 0.717) is 30.5 Å². The van der Waals surface area contributed by atoms with Crippen LogP contribution in [0.25, 0.3) is 0 Å². The summed E-state index contributed by atoms with van der Waals surface area (Å²) in [4.78, 5) is 53.0. The minimum absolute atomic E-state index is 0.107. The van der Waals surface area contributed by atoms with Gasteiger partial charge in [-0.2, -0.15) is 0 Å². The van der Waals surface area contributed by atoms with E-state index in [4.69, 9.17) is 0 Å². The number of hydrogen-bond acceptors (Lipinski definition) is 5. The number of piperidine rings is 1. The molecule has 0 radical (unpaired) electrons. The van der Waals surface area contributed by atoms with Gasteiger partial charge >= 0.3 is 5.97 Å². The van der Waals surface area contributed by atoms with E-state index in [0.717, 1.165) is 44.3 Å². The number of aliphatic carboxylic acids is 1. The Bertz CT molecular complexity index is 1010. The summed E-state index contributed by atoms with van der Waals surface area (Å²) >= 11 is 0. The lowest BCUT2D eigenvalue weighted by Gasteiger charge is -2.41. The second-order valence-corrected chi connectivity index (χ2v) is 9.55. The lowest BCUT2D eigenvalue weighted by molar-refractivity contribution is -0.151. The first-order valence-electron chi connectivity index (χ1n) is 12.2. The highest BCUT2D eigenvalue weighted by Crippen LogP contribution is 2.32. The van der Waals surface area contributed by atoms with E-state index in [1.165, 1.54) is 4.90 Å². The van der Waals surface area contributed by atoms with Gasteiger partial charge in [0.25, 0.3) is 11.8 Å². The quantitative estimate of drug-likeness (QED) is 0.442. The largest absolute Gasteiger partial charge is 0.475 e. The van der Waals surface area contributed by atoms with Crippen LogP contribution in [-0.2, 0) is 9.59 Å². The molecule has 1 aliphatic carbocycles. The van der Waals surface area contributed by atoms with Gasteiger partial charge in [0.15, 0.2) is 0 Å². The monoisotopic (exact) mass is 464 g/mol. The second kappa shape index (κ2) is 10.5. The van der Waals surface area contributed by atoms with E-state index >= 15 is 0 Å². The molecule has 2 aliphatic heterocycles. The Morgan fingerprint density at radius 2 is 1.85 bits per heavy atom. The fraction of sp³-hybridized carbons (Fsp3) is 0.481. The van der Waals surface area contributed by atoms with Gasteiger partial charge in [0.2, 0.25) is 5.78 Å². The lowest BCUT2D eigenvalue weighted by atomic mass is 9.84. The van der Waals surface area contributed by atoms with Crippen LogP contribution in [0.5, 0.6) is 0 Å². The number of rotatable bonds is 9. The van der Waals surface area contributed by atoms with Crippen molar-refractivity contribution in [2.24, 2.45) is 11.8 Å². The summed E-state index contributed by atoms with van der Waals surface area (Å²) in [6.07, 6.45) is 10.6.